The van der Waals surface area contributed by atoms with Crippen molar-refractivity contribution in [1.82, 2.24) is 0 Å². The van der Waals surface area contributed by atoms with Crippen LogP contribution in [0.25, 0.3) is 0 Å². The van der Waals surface area contributed by atoms with Gasteiger partial charge in [-0.05, 0) is 0 Å². The summed E-state index contributed by atoms with van der Waals surface area (Å²) in [5.41, 5.74) is 0. The zero-order valence-corrected chi connectivity index (χ0v) is 7.61. The molecular formula is C4H2F6O5S. The lowest BCUT2D eigenvalue weighted by atomic mass is 10.7. The second kappa shape index (κ2) is 7.78. The Morgan fingerprint density at radius 3 is 0.812 bits per heavy atom. The number of hydrogen-bond donors (Lipinski definition) is 2. The van der Waals surface area contributed by atoms with Crippen LogP contribution in [0.2, 0.25) is 0 Å². The number of carbonyl (C=O) groups is 2. The number of rotatable bonds is 0. The quantitative estimate of drug-likeness (QED) is 0.639. The van der Waals surface area contributed by atoms with Crippen molar-refractivity contribution in [1.29, 1.82) is 0 Å². The molecule has 0 radical (unpaired) electrons. The molecule has 0 rings (SSSR count). The third-order valence-electron chi connectivity index (χ3n) is 0.485. The highest BCUT2D eigenvalue weighted by molar-refractivity contribution is 7.44. The predicted molar refractivity (Wildman–Crippen MR) is 35.5 cm³/mol. The van der Waals surface area contributed by atoms with E-state index in [9.17, 15) is 26.3 Å². The van der Waals surface area contributed by atoms with Crippen LogP contribution in [-0.4, -0.2) is 38.7 Å². The fourth-order valence-electron chi connectivity index (χ4n) is 0. The molecule has 0 aromatic carbocycles. The molecule has 0 unspecified atom stereocenters. The number of alkyl halides is 6. The summed E-state index contributed by atoms with van der Waals surface area (Å²) >= 11 is 2.83. The van der Waals surface area contributed by atoms with E-state index in [1.54, 1.807) is 0 Å². The number of carboxylic acids is 2. The number of hydrogen-bond acceptors (Lipinski definition) is 4. The Labute approximate surface area is 88.2 Å². The molecule has 0 heterocycles. The Bertz CT molecular complexity index is 210. The largest absolute Gasteiger partial charge is 0.490 e. The van der Waals surface area contributed by atoms with E-state index in [1.165, 1.54) is 0 Å². The zero-order valence-electron chi connectivity index (χ0n) is 6.80. The highest BCUT2D eigenvalue weighted by atomic mass is 32.1. The second-order valence-corrected chi connectivity index (χ2v) is 1.61. The van der Waals surface area contributed by atoms with Gasteiger partial charge < -0.3 is 10.2 Å². The van der Waals surface area contributed by atoms with Gasteiger partial charge in [-0.2, -0.15) is 30.6 Å². The maximum atomic E-state index is 10.6. The second-order valence-electron chi connectivity index (χ2n) is 1.61. The Morgan fingerprint density at radius 1 is 0.750 bits per heavy atom. The molecule has 0 saturated heterocycles. The maximum absolute atomic E-state index is 10.6. The molecule has 0 aliphatic heterocycles. The molecule has 2 N–H and O–H groups in total. The Hall–Kier alpha value is -1.46. The van der Waals surface area contributed by atoms with Gasteiger partial charge in [0.25, 0.3) is 0 Å². The van der Waals surface area contributed by atoms with E-state index in [4.69, 9.17) is 24.0 Å². The molecule has 16 heavy (non-hydrogen) atoms. The molecule has 0 amide bonds. The molecule has 12 heteroatoms. The minimum Gasteiger partial charge on any atom is -0.475 e. The molecule has 0 saturated carbocycles. The van der Waals surface area contributed by atoms with Gasteiger partial charge in [-0.1, -0.05) is 0 Å². The van der Waals surface area contributed by atoms with Gasteiger partial charge in [-0.15, -0.1) is 0 Å². The average molecular weight is 276 g/mol. The van der Waals surface area contributed by atoms with Crippen LogP contribution in [0, 0.1) is 0 Å². The summed E-state index contributed by atoms with van der Waals surface area (Å²) in [5, 5.41) is 14.2. The summed E-state index contributed by atoms with van der Waals surface area (Å²) < 4.78 is 71.3. The van der Waals surface area contributed by atoms with Gasteiger partial charge in [0.2, 0.25) is 0 Å². The van der Waals surface area contributed by atoms with Crippen LogP contribution in [0.3, 0.4) is 0 Å². The van der Waals surface area contributed by atoms with Gasteiger partial charge in [0.15, 0.2) is 12.5 Å². The van der Waals surface area contributed by atoms with Crippen LogP contribution in [0.5, 0.6) is 0 Å². The van der Waals surface area contributed by atoms with Crippen molar-refractivity contribution in [2.45, 2.75) is 12.4 Å². The van der Waals surface area contributed by atoms with Crippen LogP contribution >= 0.6 is 0 Å². The fraction of sp³-hybridized carbons (Fsp3) is 0.500. The van der Waals surface area contributed by atoms with E-state index in [1.807, 2.05) is 0 Å². The smallest absolute Gasteiger partial charge is 0.475 e. The van der Waals surface area contributed by atoms with E-state index in [0.717, 1.165) is 0 Å². The lowest BCUT2D eigenvalue weighted by Gasteiger charge is -1.93. The summed E-state index contributed by atoms with van der Waals surface area (Å²) in [7, 11) is 0. The lowest BCUT2D eigenvalue weighted by molar-refractivity contribution is -0.193. The highest BCUT2D eigenvalue weighted by Crippen LogP contribution is 2.13. The van der Waals surface area contributed by atoms with Crippen LogP contribution in [0.15, 0.2) is 0 Å². The van der Waals surface area contributed by atoms with Crippen LogP contribution in [0.4, 0.5) is 26.3 Å². The summed E-state index contributed by atoms with van der Waals surface area (Å²) in [4.78, 5) is 17.8. The van der Waals surface area contributed by atoms with Gasteiger partial charge in [0.05, 0.1) is 0 Å². The van der Waals surface area contributed by atoms with Crippen molar-refractivity contribution < 1.29 is 50.4 Å². The molecule has 96 valence electrons. The molecule has 0 aromatic rings. The average Bonchev–Trinajstić information content (AvgIpc) is 2.05. The number of halogens is 6. The van der Waals surface area contributed by atoms with Crippen molar-refractivity contribution in [2.24, 2.45) is 0 Å². The van der Waals surface area contributed by atoms with E-state index in [2.05, 4.69) is 12.5 Å². The summed E-state index contributed by atoms with van der Waals surface area (Å²) in [6.45, 7) is 0. The number of carboxylic acid groups (broad SMARTS) is 2. The van der Waals surface area contributed by atoms with Crippen molar-refractivity contribution in [3.63, 3.8) is 0 Å². The molecule has 5 nitrogen and oxygen atoms in total. The Morgan fingerprint density at radius 2 is 0.812 bits per heavy atom. The highest BCUT2D eigenvalue weighted by Gasteiger charge is 2.38. The van der Waals surface area contributed by atoms with E-state index >= 15 is 0 Å². The Balaban J connectivity index is -0.000000183. The fourth-order valence-corrected chi connectivity index (χ4v) is 0. The monoisotopic (exact) mass is 276 g/mol. The summed E-state index contributed by atoms with van der Waals surface area (Å²) in [6.07, 6.45) is -10.2. The molecule has 0 atom stereocenters. The molecule has 0 bridgehead atoms. The van der Waals surface area contributed by atoms with Crippen LogP contribution < -0.4 is 0 Å². The van der Waals surface area contributed by atoms with Gasteiger partial charge in [-0.3, -0.25) is 0 Å². The molecule has 0 spiro atoms. The van der Waals surface area contributed by atoms with Crippen molar-refractivity contribution in [3.05, 3.63) is 0 Å². The minimum atomic E-state index is -5.08. The van der Waals surface area contributed by atoms with E-state index in [-0.39, 0.29) is 0 Å². The van der Waals surface area contributed by atoms with Crippen LogP contribution in [-0.2, 0) is 22.1 Å². The third kappa shape index (κ3) is 15.0. The first-order valence-electron chi connectivity index (χ1n) is 2.66. The topological polar surface area (TPSA) is 91.7 Å². The molecule has 0 aromatic heterocycles. The number of aliphatic carboxylic acids is 2. The predicted octanol–water partition coefficient (Wildman–Crippen LogP) is 0.930. The van der Waals surface area contributed by atoms with E-state index in [0.29, 0.717) is 0 Å². The maximum Gasteiger partial charge on any atom is 0.490 e. The molecule has 0 aliphatic rings. The van der Waals surface area contributed by atoms with E-state index < -0.39 is 24.3 Å². The van der Waals surface area contributed by atoms with Crippen molar-refractivity contribution in [2.75, 3.05) is 0 Å². The molecule has 0 aliphatic carbocycles. The van der Waals surface area contributed by atoms with Gasteiger partial charge in [-0.25, -0.2) is 9.59 Å². The van der Waals surface area contributed by atoms with Gasteiger partial charge in [0, 0.05) is 0 Å². The SMILES string of the molecule is O=C(O)C(F)(F)F.O=C(O)C(F)(F)F.O=S. The standard InChI is InChI=1S/2C2HF3O2.OS/c2*3-2(4,5)1(6)7;1-2/h2*(H,6,7);. The third-order valence-corrected chi connectivity index (χ3v) is 0.485. The first-order valence-corrected chi connectivity index (χ1v) is 2.99. The summed E-state index contributed by atoms with van der Waals surface area (Å²) in [6, 6.07) is 0. The first kappa shape index (κ1) is 20.0. The minimum absolute atomic E-state index is 2.76. The Kier molecular flexibility index (Phi) is 9.74. The normalized spacial score (nSPS) is 10.1. The van der Waals surface area contributed by atoms with Gasteiger partial charge >= 0.3 is 24.3 Å². The van der Waals surface area contributed by atoms with Crippen LogP contribution in [0.1, 0.15) is 0 Å². The van der Waals surface area contributed by atoms with Crippen molar-refractivity contribution >= 4 is 24.5 Å². The zero-order chi connectivity index (χ0) is 14.2. The van der Waals surface area contributed by atoms with Crippen molar-refractivity contribution in [3.8, 4) is 0 Å². The molecular weight excluding hydrogens is 274 g/mol. The van der Waals surface area contributed by atoms with Gasteiger partial charge in [0.1, 0.15) is 0 Å². The first-order chi connectivity index (χ1) is 6.89. The molecule has 0 fully saturated rings. The lowest BCUT2D eigenvalue weighted by Crippen LogP contribution is -2.21. The summed E-state index contributed by atoms with van der Waals surface area (Å²) in [5.74, 6) is -5.51.